The highest BCUT2D eigenvalue weighted by atomic mass is 31.1. The second-order valence-electron chi connectivity index (χ2n) is 5.53. The summed E-state index contributed by atoms with van der Waals surface area (Å²) in [7, 11) is -1.19. The summed E-state index contributed by atoms with van der Waals surface area (Å²) in [5.41, 5.74) is 2.55. The quantitative estimate of drug-likeness (QED) is 0.428. The maximum absolute atomic E-state index is 11.3. The predicted octanol–water partition coefficient (Wildman–Crippen LogP) is 3.47. The van der Waals surface area contributed by atoms with Gasteiger partial charge in [-0.1, -0.05) is 60.7 Å². The van der Waals surface area contributed by atoms with Crippen LogP contribution in [0.15, 0.2) is 78.9 Å². The molecule has 0 aromatic heterocycles. The highest BCUT2D eigenvalue weighted by molar-refractivity contribution is 7.68. The van der Waals surface area contributed by atoms with Crippen molar-refractivity contribution in [1.82, 2.24) is 0 Å². The molecule has 0 aliphatic carbocycles. The monoisotopic (exact) mass is 381 g/mol. The van der Waals surface area contributed by atoms with Crippen molar-refractivity contribution in [3.63, 3.8) is 0 Å². The first kappa shape index (κ1) is 18.6. The van der Waals surface area contributed by atoms with E-state index in [9.17, 15) is 14.7 Å². The molecule has 6 nitrogen and oxygen atoms in total. The summed E-state index contributed by atoms with van der Waals surface area (Å²) in [6.45, 7) is 0. The molecule has 0 spiro atoms. The first-order chi connectivity index (χ1) is 13.1. The Kier molecular flexibility index (Phi) is 5.81. The van der Waals surface area contributed by atoms with Crippen LogP contribution in [0.25, 0.3) is 0 Å². The van der Waals surface area contributed by atoms with Crippen molar-refractivity contribution in [3.8, 4) is 0 Å². The van der Waals surface area contributed by atoms with Crippen LogP contribution in [0.4, 0.5) is 5.69 Å². The Hall–Kier alpha value is -3.21. The van der Waals surface area contributed by atoms with Crippen LogP contribution < -0.4 is 16.1 Å². The Morgan fingerprint density at radius 1 is 0.741 bits per heavy atom. The lowest BCUT2D eigenvalue weighted by Crippen LogP contribution is -2.16. The number of benzene rings is 3. The molecule has 0 unspecified atom stereocenters. The standard InChI is InChI=1S/C20H16NO5P/c22-19(23)17-12-11-14(13-18(17)20(24)25)21-26-27(15-7-3-1-4-8-15)16-9-5-2-6-10-16/h1-13,21H,(H,22,23)(H,24,25). The van der Waals surface area contributed by atoms with Crippen LogP contribution >= 0.6 is 8.15 Å². The minimum Gasteiger partial charge on any atom is -0.478 e. The van der Waals surface area contributed by atoms with E-state index in [2.05, 4.69) is 5.48 Å². The summed E-state index contributed by atoms with van der Waals surface area (Å²) in [5.74, 6) is -2.61. The largest absolute Gasteiger partial charge is 0.478 e. The van der Waals surface area contributed by atoms with Gasteiger partial charge in [-0.05, 0) is 18.2 Å². The van der Waals surface area contributed by atoms with Crippen LogP contribution in [-0.2, 0) is 4.62 Å². The number of aromatic carboxylic acids is 2. The van der Waals surface area contributed by atoms with Crippen LogP contribution in [0.5, 0.6) is 0 Å². The first-order valence-corrected chi connectivity index (χ1v) is 9.26. The molecule has 3 rings (SSSR count). The molecule has 3 aromatic carbocycles. The topological polar surface area (TPSA) is 95.9 Å². The molecule has 7 heteroatoms. The van der Waals surface area contributed by atoms with E-state index in [1.54, 1.807) is 0 Å². The van der Waals surface area contributed by atoms with Gasteiger partial charge in [0.25, 0.3) is 0 Å². The van der Waals surface area contributed by atoms with Crippen molar-refractivity contribution in [2.75, 3.05) is 5.48 Å². The van der Waals surface area contributed by atoms with E-state index < -0.39 is 20.1 Å². The van der Waals surface area contributed by atoms with Gasteiger partial charge in [0.05, 0.1) is 16.8 Å². The van der Waals surface area contributed by atoms with Crippen molar-refractivity contribution in [2.45, 2.75) is 0 Å². The van der Waals surface area contributed by atoms with Gasteiger partial charge < -0.3 is 10.2 Å². The van der Waals surface area contributed by atoms with Gasteiger partial charge in [-0.3, -0.25) is 5.48 Å². The van der Waals surface area contributed by atoms with E-state index in [1.165, 1.54) is 18.2 Å². The lowest BCUT2D eigenvalue weighted by Gasteiger charge is -2.19. The molecule has 0 fully saturated rings. The molecule has 0 amide bonds. The Bertz CT molecular complexity index is 908. The van der Waals surface area contributed by atoms with Crippen LogP contribution in [0.2, 0.25) is 0 Å². The summed E-state index contributed by atoms with van der Waals surface area (Å²) in [6, 6.07) is 23.3. The summed E-state index contributed by atoms with van der Waals surface area (Å²) in [5, 5.41) is 20.3. The SMILES string of the molecule is O=C(O)c1ccc(NOP(c2ccccc2)c2ccccc2)cc1C(=O)O. The number of hydrogen-bond acceptors (Lipinski definition) is 4. The third kappa shape index (κ3) is 4.50. The zero-order chi connectivity index (χ0) is 19.2. The normalized spacial score (nSPS) is 10.6. The highest BCUT2D eigenvalue weighted by Gasteiger charge is 2.18. The molecule has 0 saturated heterocycles. The summed E-state index contributed by atoms with van der Waals surface area (Å²) < 4.78 is 5.91. The number of rotatable bonds is 7. The van der Waals surface area contributed by atoms with Crippen LogP contribution in [0.1, 0.15) is 20.7 Å². The van der Waals surface area contributed by atoms with Gasteiger partial charge in [0.15, 0.2) is 0 Å². The molecule has 27 heavy (non-hydrogen) atoms. The van der Waals surface area contributed by atoms with Gasteiger partial charge in [-0.2, -0.15) is 0 Å². The maximum atomic E-state index is 11.3. The van der Waals surface area contributed by atoms with Gasteiger partial charge in [-0.25, -0.2) is 14.2 Å². The molecule has 0 heterocycles. The molecular weight excluding hydrogens is 365 g/mol. The average molecular weight is 381 g/mol. The van der Waals surface area contributed by atoms with E-state index in [-0.39, 0.29) is 11.1 Å². The zero-order valence-electron chi connectivity index (χ0n) is 14.1. The molecule has 0 bridgehead atoms. The van der Waals surface area contributed by atoms with E-state index >= 15 is 0 Å². The fourth-order valence-corrected chi connectivity index (χ4v) is 4.04. The third-order valence-corrected chi connectivity index (χ3v) is 5.52. The Morgan fingerprint density at radius 3 is 1.74 bits per heavy atom. The molecule has 0 radical (unpaired) electrons. The van der Waals surface area contributed by atoms with Crippen LogP contribution in [0.3, 0.4) is 0 Å². The molecule has 136 valence electrons. The number of carbonyl (C=O) groups is 2. The fraction of sp³-hybridized carbons (Fsp3) is 0. The summed E-state index contributed by atoms with van der Waals surface area (Å²) >= 11 is 0. The van der Waals surface area contributed by atoms with Crippen molar-refractivity contribution in [3.05, 3.63) is 90.0 Å². The second kappa shape index (κ2) is 8.45. The van der Waals surface area contributed by atoms with Gasteiger partial charge >= 0.3 is 11.9 Å². The lowest BCUT2D eigenvalue weighted by atomic mass is 10.1. The number of carboxylic acids is 2. The summed E-state index contributed by atoms with van der Waals surface area (Å²) in [6.07, 6.45) is 0. The Morgan fingerprint density at radius 2 is 1.26 bits per heavy atom. The Labute approximate surface area is 156 Å². The van der Waals surface area contributed by atoms with Gasteiger partial charge in [-0.15, -0.1) is 0 Å². The van der Waals surface area contributed by atoms with E-state index in [1.807, 2.05) is 60.7 Å². The van der Waals surface area contributed by atoms with Crippen molar-refractivity contribution < 1.29 is 24.4 Å². The predicted molar refractivity (Wildman–Crippen MR) is 104 cm³/mol. The van der Waals surface area contributed by atoms with Crippen molar-refractivity contribution in [1.29, 1.82) is 0 Å². The number of hydrogen-bond donors (Lipinski definition) is 3. The molecule has 3 aromatic rings. The van der Waals surface area contributed by atoms with Crippen LogP contribution in [0, 0.1) is 0 Å². The third-order valence-electron chi connectivity index (χ3n) is 3.72. The molecular formula is C20H16NO5P. The number of carboxylic acid groups (broad SMARTS) is 2. The van der Waals surface area contributed by atoms with Crippen molar-refractivity contribution >= 4 is 36.4 Å². The highest BCUT2D eigenvalue weighted by Crippen LogP contribution is 2.35. The number of nitrogens with one attached hydrogen (secondary N) is 1. The first-order valence-electron chi connectivity index (χ1n) is 8.00. The van der Waals surface area contributed by atoms with Crippen molar-refractivity contribution in [2.24, 2.45) is 0 Å². The fourth-order valence-electron chi connectivity index (χ4n) is 2.45. The minimum absolute atomic E-state index is 0.276. The second-order valence-corrected chi connectivity index (χ2v) is 7.33. The average Bonchev–Trinajstić information content (AvgIpc) is 2.69. The van der Waals surface area contributed by atoms with E-state index in [0.717, 1.165) is 10.6 Å². The van der Waals surface area contributed by atoms with Gasteiger partial charge in [0, 0.05) is 10.6 Å². The van der Waals surface area contributed by atoms with E-state index in [4.69, 9.17) is 9.73 Å². The maximum Gasteiger partial charge on any atom is 0.336 e. The molecule has 0 aliphatic heterocycles. The molecule has 0 saturated carbocycles. The van der Waals surface area contributed by atoms with Gasteiger partial charge in [0.1, 0.15) is 8.15 Å². The smallest absolute Gasteiger partial charge is 0.336 e. The van der Waals surface area contributed by atoms with Crippen LogP contribution in [-0.4, -0.2) is 22.2 Å². The summed E-state index contributed by atoms with van der Waals surface area (Å²) in [4.78, 5) is 22.5. The lowest BCUT2D eigenvalue weighted by molar-refractivity contribution is 0.0651. The van der Waals surface area contributed by atoms with E-state index in [0.29, 0.717) is 5.69 Å². The van der Waals surface area contributed by atoms with Gasteiger partial charge in [0.2, 0.25) is 0 Å². The molecule has 3 N–H and O–H groups in total. The number of anilines is 1. The minimum atomic E-state index is -1.32. The zero-order valence-corrected chi connectivity index (χ0v) is 15.0. The molecule has 0 atom stereocenters. The molecule has 0 aliphatic rings. The Balaban J connectivity index is 1.87.